The van der Waals surface area contributed by atoms with E-state index in [2.05, 4.69) is 11.5 Å². The van der Waals surface area contributed by atoms with E-state index >= 15 is 0 Å². The summed E-state index contributed by atoms with van der Waals surface area (Å²) in [6.45, 7) is 2.80. The Bertz CT molecular complexity index is 958. The summed E-state index contributed by atoms with van der Waals surface area (Å²) in [7, 11) is 0. The van der Waals surface area contributed by atoms with Gasteiger partial charge >= 0.3 is 0 Å². The van der Waals surface area contributed by atoms with Crippen molar-refractivity contribution in [3.8, 4) is 0 Å². The molecule has 2 heterocycles. The zero-order chi connectivity index (χ0) is 20.4. The Hall–Kier alpha value is -2.50. The molecule has 0 aromatic heterocycles. The summed E-state index contributed by atoms with van der Waals surface area (Å²) in [5.74, 6) is -0.334. The minimum absolute atomic E-state index is 0.138. The van der Waals surface area contributed by atoms with Gasteiger partial charge in [-0.05, 0) is 42.7 Å². The highest BCUT2D eigenvalue weighted by Crippen LogP contribution is 2.41. The van der Waals surface area contributed by atoms with Gasteiger partial charge in [0.1, 0.15) is 5.71 Å². The number of halogens is 2. The molecule has 0 saturated heterocycles. The first-order valence-electron chi connectivity index (χ1n) is 9.66. The lowest BCUT2D eigenvalue weighted by Crippen LogP contribution is -2.44. The SMILES string of the molecule is CC1C(C(=O)NN2C=CCCC2)=NN(c2ccccc2Cl)C1c1ccc(Cl)cc1. The van der Waals surface area contributed by atoms with Crippen LogP contribution in [0.2, 0.25) is 10.0 Å². The Balaban J connectivity index is 1.68. The zero-order valence-electron chi connectivity index (χ0n) is 16.1. The second-order valence-corrected chi connectivity index (χ2v) is 8.07. The van der Waals surface area contributed by atoms with Crippen molar-refractivity contribution in [2.45, 2.75) is 25.8 Å². The average molecular weight is 429 g/mol. The summed E-state index contributed by atoms with van der Waals surface area (Å²) in [4.78, 5) is 13.0. The molecule has 150 valence electrons. The van der Waals surface area contributed by atoms with Crippen LogP contribution in [0.25, 0.3) is 0 Å². The van der Waals surface area contributed by atoms with E-state index in [0.29, 0.717) is 15.8 Å². The second kappa shape index (κ2) is 8.47. The predicted molar refractivity (Wildman–Crippen MR) is 118 cm³/mol. The van der Waals surface area contributed by atoms with Crippen LogP contribution in [0.5, 0.6) is 0 Å². The van der Waals surface area contributed by atoms with Crippen LogP contribution in [0.1, 0.15) is 31.4 Å². The topological polar surface area (TPSA) is 47.9 Å². The van der Waals surface area contributed by atoms with Crippen LogP contribution in [-0.4, -0.2) is 23.2 Å². The molecule has 2 aromatic rings. The first-order chi connectivity index (χ1) is 14.0. The number of hydrogen-bond acceptors (Lipinski definition) is 4. The van der Waals surface area contributed by atoms with Crippen molar-refractivity contribution in [2.24, 2.45) is 11.0 Å². The summed E-state index contributed by atoms with van der Waals surface area (Å²) in [6, 6.07) is 15.0. The van der Waals surface area contributed by atoms with Crippen molar-refractivity contribution in [2.75, 3.05) is 11.6 Å². The number of carbonyl (C=O) groups is 1. The van der Waals surface area contributed by atoms with Gasteiger partial charge < -0.3 is 0 Å². The summed E-state index contributed by atoms with van der Waals surface area (Å²) >= 11 is 12.5. The predicted octanol–water partition coefficient (Wildman–Crippen LogP) is 5.19. The van der Waals surface area contributed by atoms with Crippen LogP contribution in [0, 0.1) is 5.92 Å². The lowest BCUT2D eigenvalue weighted by molar-refractivity contribution is -0.118. The first kappa shape index (κ1) is 19.8. The molecule has 29 heavy (non-hydrogen) atoms. The molecule has 2 atom stereocenters. The number of hydrazine groups is 1. The molecule has 0 aliphatic carbocycles. The van der Waals surface area contributed by atoms with E-state index in [4.69, 9.17) is 28.3 Å². The molecule has 0 spiro atoms. The van der Waals surface area contributed by atoms with Crippen molar-refractivity contribution in [1.82, 2.24) is 10.4 Å². The molecule has 0 saturated carbocycles. The molecule has 0 fully saturated rings. The Morgan fingerprint density at radius 3 is 2.59 bits per heavy atom. The number of allylic oxidation sites excluding steroid dienone is 1. The van der Waals surface area contributed by atoms with E-state index in [9.17, 15) is 4.79 Å². The van der Waals surface area contributed by atoms with Gasteiger partial charge in [-0.15, -0.1) is 0 Å². The van der Waals surface area contributed by atoms with Crippen molar-refractivity contribution in [3.05, 3.63) is 76.4 Å². The van der Waals surface area contributed by atoms with E-state index in [1.807, 2.05) is 71.7 Å². The smallest absolute Gasteiger partial charge is 0.286 e. The largest absolute Gasteiger partial charge is 0.293 e. The standard InChI is InChI=1S/C22H22Cl2N4O/c1-15-20(22(29)26-27-13-5-2-6-14-27)25-28(19-8-4-3-7-18(19)24)21(15)16-9-11-17(23)12-10-16/h3-5,7-13,15,21H,2,6,14H2,1H3,(H,26,29). The Morgan fingerprint density at radius 1 is 1.14 bits per heavy atom. The third kappa shape index (κ3) is 4.11. The number of carbonyl (C=O) groups excluding carboxylic acids is 1. The fourth-order valence-corrected chi connectivity index (χ4v) is 4.10. The molecular formula is C22H22Cl2N4O. The summed E-state index contributed by atoms with van der Waals surface area (Å²) < 4.78 is 0. The van der Waals surface area contributed by atoms with Crippen molar-refractivity contribution < 1.29 is 4.79 Å². The van der Waals surface area contributed by atoms with Crippen LogP contribution in [0.3, 0.4) is 0 Å². The molecule has 0 radical (unpaired) electrons. The molecule has 5 nitrogen and oxygen atoms in total. The van der Waals surface area contributed by atoms with Crippen LogP contribution in [0.4, 0.5) is 5.69 Å². The number of benzene rings is 2. The fraction of sp³-hybridized carbons (Fsp3) is 0.273. The van der Waals surface area contributed by atoms with Crippen LogP contribution in [0.15, 0.2) is 65.9 Å². The maximum absolute atomic E-state index is 13.0. The molecular weight excluding hydrogens is 407 g/mol. The normalized spacial score (nSPS) is 21.3. The second-order valence-electron chi connectivity index (χ2n) is 7.23. The van der Waals surface area contributed by atoms with E-state index in [1.54, 1.807) is 0 Å². The van der Waals surface area contributed by atoms with Crippen molar-refractivity contribution in [3.63, 3.8) is 0 Å². The van der Waals surface area contributed by atoms with E-state index in [1.165, 1.54) is 0 Å². The highest BCUT2D eigenvalue weighted by molar-refractivity contribution is 6.40. The molecule has 2 aliphatic heterocycles. The molecule has 2 aliphatic rings. The van der Waals surface area contributed by atoms with Crippen molar-refractivity contribution in [1.29, 1.82) is 0 Å². The van der Waals surface area contributed by atoms with Gasteiger partial charge in [0.15, 0.2) is 0 Å². The van der Waals surface area contributed by atoms with E-state index in [-0.39, 0.29) is 17.9 Å². The van der Waals surface area contributed by atoms with Gasteiger partial charge in [-0.1, -0.05) is 60.5 Å². The van der Waals surface area contributed by atoms with Gasteiger partial charge in [0.05, 0.1) is 16.8 Å². The maximum Gasteiger partial charge on any atom is 0.286 e. The molecule has 2 unspecified atom stereocenters. The van der Waals surface area contributed by atoms with Crippen LogP contribution < -0.4 is 10.4 Å². The monoisotopic (exact) mass is 428 g/mol. The van der Waals surface area contributed by atoms with Gasteiger partial charge in [-0.3, -0.25) is 20.2 Å². The summed E-state index contributed by atoms with van der Waals surface area (Å²) in [6.07, 6.45) is 6.00. The van der Waals surface area contributed by atoms with Gasteiger partial charge in [0.25, 0.3) is 5.91 Å². The quantitative estimate of drug-likeness (QED) is 0.728. The molecule has 2 aromatic carbocycles. The minimum Gasteiger partial charge on any atom is -0.293 e. The number of hydrogen-bond donors (Lipinski definition) is 1. The fourth-order valence-electron chi connectivity index (χ4n) is 3.75. The van der Waals surface area contributed by atoms with E-state index in [0.717, 1.165) is 30.6 Å². The lowest BCUT2D eigenvalue weighted by atomic mass is 9.91. The molecule has 4 rings (SSSR count). The molecule has 1 N–H and O–H groups in total. The highest BCUT2D eigenvalue weighted by Gasteiger charge is 2.40. The van der Waals surface area contributed by atoms with Crippen LogP contribution in [-0.2, 0) is 4.79 Å². The van der Waals surface area contributed by atoms with E-state index < -0.39 is 0 Å². The van der Waals surface area contributed by atoms with Crippen LogP contribution >= 0.6 is 23.2 Å². The average Bonchev–Trinajstić information content (AvgIpc) is 3.07. The number of amides is 1. The Kier molecular flexibility index (Phi) is 5.79. The minimum atomic E-state index is -0.197. The van der Waals surface area contributed by atoms with Gasteiger partial charge in [-0.2, -0.15) is 5.10 Å². The number of anilines is 1. The Morgan fingerprint density at radius 2 is 1.90 bits per heavy atom. The number of para-hydroxylation sites is 1. The first-order valence-corrected chi connectivity index (χ1v) is 10.4. The van der Waals surface area contributed by atoms with Gasteiger partial charge in [0.2, 0.25) is 0 Å². The zero-order valence-corrected chi connectivity index (χ0v) is 17.6. The highest BCUT2D eigenvalue weighted by atomic mass is 35.5. The number of rotatable bonds is 4. The summed E-state index contributed by atoms with van der Waals surface area (Å²) in [5, 5.41) is 9.63. The van der Waals surface area contributed by atoms with Gasteiger partial charge in [-0.25, -0.2) is 0 Å². The van der Waals surface area contributed by atoms with Crippen molar-refractivity contribution >= 4 is 40.5 Å². The summed E-state index contributed by atoms with van der Waals surface area (Å²) in [5.41, 5.74) is 5.22. The third-order valence-corrected chi connectivity index (χ3v) is 5.80. The Labute approximate surface area is 180 Å². The number of nitrogens with one attached hydrogen (secondary N) is 1. The number of nitrogens with zero attached hydrogens (tertiary/aromatic N) is 3. The molecule has 1 amide bonds. The molecule has 0 bridgehead atoms. The number of hydrazone groups is 1. The maximum atomic E-state index is 13.0. The van der Waals surface area contributed by atoms with Gasteiger partial charge in [0, 0.05) is 23.7 Å². The third-order valence-electron chi connectivity index (χ3n) is 5.23. The lowest BCUT2D eigenvalue weighted by Gasteiger charge is -2.28. The molecule has 7 heteroatoms.